The van der Waals surface area contributed by atoms with E-state index >= 15 is 0 Å². The summed E-state index contributed by atoms with van der Waals surface area (Å²) in [7, 11) is 2.01. The number of benzene rings is 1. The number of nitrogens with zero attached hydrogens (tertiary/aromatic N) is 3. The Balaban J connectivity index is 2.00. The van der Waals surface area contributed by atoms with Crippen LogP contribution in [-0.4, -0.2) is 22.1 Å². The summed E-state index contributed by atoms with van der Waals surface area (Å²) in [6.07, 6.45) is 0. The van der Waals surface area contributed by atoms with Gasteiger partial charge in [-0.1, -0.05) is 39.3 Å². The number of hydrogen-bond donors (Lipinski definition) is 1. The summed E-state index contributed by atoms with van der Waals surface area (Å²) >= 11 is 3.55. The number of hydrogen-bond acceptors (Lipinski definition) is 5. The second kappa shape index (κ2) is 6.03. The molecule has 0 unspecified atom stereocenters. The molecule has 1 aromatic heterocycles. The van der Waals surface area contributed by atoms with Gasteiger partial charge in [-0.3, -0.25) is 4.90 Å². The fourth-order valence-electron chi connectivity index (χ4n) is 1.79. The van der Waals surface area contributed by atoms with Gasteiger partial charge >= 0.3 is 0 Å². The molecule has 20 heavy (non-hydrogen) atoms. The molecule has 0 fully saturated rings. The summed E-state index contributed by atoms with van der Waals surface area (Å²) in [6.45, 7) is 5.09. The van der Waals surface area contributed by atoms with Crippen LogP contribution in [0.15, 0.2) is 33.3 Å². The lowest BCUT2D eigenvalue weighted by Crippen LogP contribution is -2.30. The molecule has 0 spiro atoms. The number of halogens is 1. The van der Waals surface area contributed by atoms with Crippen LogP contribution in [0.4, 0.5) is 0 Å². The normalized spacial score (nSPS) is 12.1. The lowest BCUT2D eigenvalue weighted by molar-refractivity contribution is 0.259. The van der Waals surface area contributed by atoms with Crippen molar-refractivity contribution in [2.75, 3.05) is 7.05 Å². The van der Waals surface area contributed by atoms with Crippen LogP contribution in [0.3, 0.4) is 0 Å². The second-order valence-electron chi connectivity index (χ2n) is 5.50. The third-order valence-corrected chi connectivity index (χ3v) is 3.62. The Morgan fingerprint density at radius 1 is 1.30 bits per heavy atom. The first-order valence-corrected chi connectivity index (χ1v) is 7.19. The van der Waals surface area contributed by atoms with Crippen molar-refractivity contribution in [2.45, 2.75) is 32.5 Å². The summed E-state index contributed by atoms with van der Waals surface area (Å²) in [5.41, 5.74) is 6.58. The van der Waals surface area contributed by atoms with Crippen molar-refractivity contribution in [3.63, 3.8) is 0 Å². The van der Waals surface area contributed by atoms with Gasteiger partial charge in [-0.2, -0.15) is 4.98 Å². The van der Waals surface area contributed by atoms with Gasteiger partial charge < -0.3 is 10.3 Å². The highest BCUT2D eigenvalue weighted by molar-refractivity contribution is 9.10. The molecule has 0 saturated carbocycles. The summed E-state index contributed by atoms with van der Waals surface area (Å²) in [5, 5.41) is 3.92. The zero-order valence-electron chi connectivity index (χ0n) is 11.9. The van der Waals surface area contributed by atoms with Crippen molar-refractivity contribution in [1.82, 2.24) is 15.0 Å². The van der Waals surface area contributed by atoms with Crippen LogP contribution in [0.1, 0.15) is 31.1 Å². The second-order valence-corrected chi connectivity index (χ2v) is 6.35. The van der Waals surface area contributed by atoms with Gasteiger partial charge in [0.05, 0.1) is 12.1 Å². The minimum Gasteiger partial charge on any atom is -0.338 e. The van der Waals surface area contributed by atoms with E-state index in [2.05, 4.69) is 37.0 Å². The van der Waals surface area contributed by atoms with Crippen molar-refractivity contribution in [2.24, 2.45) is 5.73 Å². The Hall–Kier alpha value is -1.24. The summed E-state index contributed by atoms with van der Waals surface area (Å²) in [5.74, 6) is 1.11. The fraction of sp³-hybridized carbons (Fsp3) is 0.429. The molecule has 0 amide bonds. The zero-order chi connectivity index (χ0) is 14.8. The third-order valence-electron chi connectivity index (χ3n) is 2.85. The Kier molecular flexibility index (Phi) is 4.57. The Morgan fingerprint density at radius 3 is 2.60 bits per heavy atom. The van der Waals surface area contributed by atoms with Crippen LogP contribution in [0.2, 0.25) is 0 Å². The number of aromatic nitrogens is 2. The molecule has 0 aliphatic carbocycles. The smallest absolute Gasteiger partial charge is 0.240 e. The molecule has 2 N–H and O–H groups in total. The molecule has 0 radical (unpaired) electrons. The molecule has 5 nitrogen and oxygen atoms in total. The molecule has 2 rings (SSSR count). The van der Waals surface area contributed by atoms with Gasteiger partial charge in [-0.15, -0.1) is 0 Å². The zero-order valence-corrected chi connectivity index (χ0v) is 13.5. The largest absolute Gasteiger partial charge is 0.338 e. The van der Waals surface area contributed by atoms with Crippen molar-refractivity contribution in [3.8, 4) is 0 Å². The maximum atomic E-state index is 5.94. The van der Waals surface area contributed by atoms with Crippen LogP contribution in [-0.2, 0) is 18.6 Å². The van der Waals surface area contributed by atoms with Crippen molar-refractivity contribution < 1.29 is 4.52 Å². The van der Waals surface area contributed by atoms with E-state index in [4.69, 9.17) is 10.3 Å². The number of rotatable bonds is 5. The summed E-state index contributed by atoms with van der Waals surface area (Å²) in [4.78, 5) is 6.44. The molecule has 0 atom stereocenters. The molecule has 2 aromatic rings. The molecule has 0 bridgehead atoms. The Morgan fingerprint density at radius 2 is 2.00 bits per heavy atom. The van der Waals surface area contributed by atoms with Crippen LogP contribution in [0, 0.1) is 0 Å². The topological polar surface area (TPSA) is 68.2 Å². The van der Waals surface area contributed by atoms with Crippen LogP contribution in [0.5, 0.6) is 0 Å². The third kappa shape index (κ3) is 3.88. The van der Waals surface area contributed by atoms with Gasteiger partial charge in [0.1, 0.15) is 0 Å². The van der Waals surface area contributed by atoms with E-state index < -0.39 is 5.54 Å². The predicted octanol–water partition coefficient (Wildman–Crippen LogP) is 2.66. The Labute approximate surface area is 127 Å². The maximum absolute atomic E-state index is 5.94. The highest BCUT2D eigenvalue weighted by Gasteiger charge is 2.21. The van der Waals surface area contributed by atoms with Gasteiger partial charge in [-0.05, 0) is 32.5 Å². The first kappa shape index (κ1) is 15.2. The van der Waals surface area contributed by atoms with E-state index in [9.17, 15) is 0 Å². The highest BCUT2D eigenvalue weighted by Crippen LogP contribution is 2.18. The van der Waals surface area contributed by atoms with Crippen molar-refractivity contribution >= 4 is 15.9 Å². The highest BCUT2D eigenvalue weighted by atomic mass is 79.9. The SMILES string of the molecule is CN(Cc1nc(C(C)(C)N)no1)Cc1ccccc1Br. The lowest BCUT2D eigenvalue weighted by atomic mass is 10.1. The molecule has 0 aliphatic heterocycles. The molecule has 0 saturated heterocycles. The minimum absolute atomic E-state index is 0.529. The average Bonchev–Trinajstić information content (AvgIpc) is 2.80. The molecule has 1 heterocycles. The van der Waals surface area contributed by atoms with Crippen molar-refractivity contribution in [3.05, 3.63) is 46.0 Å². The lowest BCUT2D eigenvalue weighted by Gasteiger charge is -2.15. The standard InChI is InChI=1S/C14H19BrN4O/c1-14(2,16)13-17-12(20-18-13)9-19(3)8-10-6-4-5-7-11(10)15/h4-7H,8-9,16H2,1-3H3. The fourth-order valence-corrected chi connectivity index (χ4v) is 2.20. The van der Waals surface area contributed by atoms with Crippen LogP contribution in [0.25, 0.3) is 0 Å². The van der Waals surface area contributed by atoms with E-state index in [1.54, 1.807) is 0 Å². The quantitative estimate of drug-likeness (QED) is 0.907. The van der Waals surface area contributed by atoms with Crippen LogP contribution < -0.4 is 5.73 Å². The molecule has 6 heteroatoms. The van der Waals surface area contributed by atoms with E-state index in [1.165, 1.54) is 5.56 Å². The molecule has 0 aliphatic rings. The van der Waals surface area contributed by atoms with Crippen LogP contribution >= 0.6 is 15.9 Å². The van der Waals surface area contributed by atoms with Crippen molar-refractivity contribution in [1.29, 1.82) is 0 Å². The van der Waals surface area contributed by atoms with E-state index in [-0.39, 0.29) is 0 Å². The van der Waals surface area contributed by atoms with E-state index in [0.717, 1.165) is 11.0 Å². The average molecular weight is 339 g/mol. The first-order chi connectivity index (χ1) is 9.36. The predicted molar refractivity (Wildman–Crippen MR) is 80.8 cm³/mol. The molecular weight excluding hydrogens is 320 g/mol. The summed E-state index contributed by atoms with van der Waals surface area (Å²) in [6, 6.07) is 8.14. The van der Waals surface area contributed by atoms with Gasteiger partial charge in [0.25, 0.3) is 0 Å². The molecular formula is C14H19BrN4O. The number of nitrogens with two attached hydrogens (primary N) is 1. The van der Waals surface area contributed by atoms with E-state index in [1.807, 2.05) is 39.1 Å². The monoisotopic (exact) mass is 338 g/mol. The molecule has 1 aromatic carbocycles. The minimum atomic E-state index is -0.581. The maximum Gasteiger partial charge on any atom is 0.240 e. The van der Waals surface area contributed by atoms with Gasteiger partial charge in [-0.25, -0.2) is 0 Å². The first-order valence-electron chi connectivity index (χ1n) is 6.40. The Bertz CT molecular complexity index is 577. The summed E-state index contributed by atoms with van der Waals surface area (Å²) < 4.78 is 6.33. The van der Waals surface area contributed by atoms with Gasteiger partial charge in [0.15, 0.2) is 5.82 Å². The van der Waals surface area contributed by atoms with Gasteiger partial charge in [0.2, 0.25) is 5.89 Å². The van der Waals surface area contributed by atoms with E-state index in [0.29, 0.717) is 18.3 Å². The molecule has 108 valence electrons. The van der Waals surface area contributed by atoms with Gasteiger partial charge in [0, 0.05) is 11.0 Å².